The van der Waals surface area contributed by atoms with Gasteiger partial charge in [-0.1, -0.05) is 6.07 Å². The summed E-state index contributed by atoms with van der Waals surface area (Å²) in [7, 11) is 0. The van der Waals surface area contributed by atoms with Gasteiger partial charge in [-0.05, 0) is 31.5 Å². The molecule has 0 spiro atoms. The molecule has 1 aliphatic rings. The highest BCUT2D eigenvalue weighted by molar-refractivity contribution is 5.73. The number of nitrogens with zero attached hydrogens (tertiary/aromatic N) is 1. The summed E-state index contributed by atoms with van der Waals surface area (Å²) in [6.45, 7) is 1.92. The lowest BCUT2D eigenvalue weighted by atomic mass is 10.00. The van der Waals surface area contributed by atoms with Gasteiger partial charge >= 0.3 is 0 Å². The minimum atomic E-state index is -0.309. The lowest BCUT2D eigenvalue weighted by Gasteiger charge is -2.19. The van der Waals surface area contributed by atoms with Crippen molar-refractivity contribution in [3.8, 4) is 0 Å². The van der Waals surface area contributed by atoms with Gasteiger partial charge in [0.25, 0.3) is 0 Å². The molecule has 1 aromatic carbocycles. The maximum absolute atomic E-state index is 13.4. The number of nitrogens with one attached hydrogen (secondary N) is 1. The summed E-state index contributed by atoms with van der Waals surface area (Å²) in [6, 6.07) is 4.81. The molecule has 0 bridgehead atoms. The van der Waals surface area contributed by atoms with E-state index in [2.05, 4.69) is 10.3 Å². The van der Waals surface area contributed by atoms with Crippen LogP contribution in [0.4, 0.5) is 4.39 Å². The molecular formula is C12H13FN2O. The van der Waals surface area contributed by atoms with Crippen LogP contribution in [0.1, 0.15) is 24.7 Å². The molecule has 1 atom stereocenters. The summed E-state index contributed by atoms with van der Waals surface area (Å²) in [5.74, 6) is 0.629. The van der Waals surface area contributed by atoms with Crippen molar-refractivity contribution in [1.82, 2.24) is 10.3 Å². The van der Waals surface area contributed by atoms with E-state index in [1.54, 1.807) is 12.1 Å². The lowest BCUT2D eigenvalue weighted by molar-refractivity contribution is 0.387. The first-order chi connectivity index (χ1) is 7.84. The van der Waals surface area contributed by atoms with Crippen LogP contribution in [-0.4, -0.2) is 18.1 Å². The Morgan fingerprint density at radius 1 is 1.44 bits per heavy atom. The highest BCUT2D eigenvalue weighted by atomic mass is 19.1. The van der Waals surface area contributed by atoms with Crippen molar-refractivity contribution >= 4 is 11.1 Å². The first kappa shape index (κ1) is 9.78. The monoisotopic (exact) mass is 220 g/mol. The molecule has 84 valence electrons. The Hall–Kier alpha value is -1.42. The van der Waals surface area contributed by atoms with E-state index in [0.29, 0.717) is 17.0 Å². The maximum atomic E-state index is 13.4. The molecule has 16 heavy (non-hydrogen) atoms. The van der Waals surface area contributed by atoms with Crippen LogP contribution in [0.2, 0.25) is 0 Å². The smallest absolute Gasteiger partial charge is 0.199 e. The van der Waals surface area contributed by atoms with E-state index >= 15 is 0 Å². The number of hydrogen-bond acceptors (Lipinski definition) is 3. The number of rotatable bonds is 1. The van der Waals surface area contributed by atoms with E-state index in [0.717, 1.165) is 25.9 Å². The Bertz CT molecular complexity index is 503. The summed E-state index contributed by atoms with van der Waals surface area (Å²) >= 11 is 0. The molecule has 0 radical (unpaired) electrons. The van der Waals surface area contributed by atoms with Gasteiger partial charge in [0.05, 0.1) is 0 Å². The van der Waals surface area contributed by atoms with Crippen LogP contribution in [-0.2, 0) is 0 Å². The van der Waals surface area contributed by atoms with Gasteiger partial charge in [-0.15, -0.1) is 0 Å². The Morgan fingerprint density at radius 3 is 3.12 bits per heavy atom. The van der Waals surface area contributed by atoms with Crippen LogP contribution in [0, 0.1) is 5.82 Å². The third kappa shape index (κ3) is 1.59. The van der Waals surface area contributed by atoms with E-state index in [-0.39, 0.29) is 11.7 Å². The molecule has 0 saturated carbocycles. The molecule has 1 aromatic heterocycles. The Balaban J connectivity index is 2.01. The third-order valence-corrected chi connectivity index (χ3v) is 3.03. The topological polar surface area (TPSA) is 38.1 Å². The summed E-state index contributed by atoms with van der Waals surface area (Å²) in [4.78, 5) is 4.25. The number of oxazole rings is 1. The van der Waals surface area contributed by atoms with E-state index < -0.39 is 0 Å². The molecular weight excluding hydrogens is 207 g/mol. The number of fused-ring (bicyclic) bond motifs is 1. The summed E-state index contributed by atoms with van der Waals surface area (Å²) in [5, 5.41) is 3.30. The fourth-order valence-electron chi connectivity index (χ4n) is 2.17. The molecule has 2 heterocycles. The number of para-hydroxylation sites is 1. The van der Waals surface area contributed by atoms with Crippen LogP contribution < -0.4 is 5.32 Å². The van der Waals surface area contributed by atoms with Crippen LogP contribution >= 0.6 is 0 Å². The molecule has 0 unspecified atom stereocenters. The summed E-state index contributed by atoms with van der Waals surface area (Å²) in [5.41, 5.74) is 0.892. The van der Waals surface area contributed by atoms with E-state index in [1.807, 2.05) is 0 Å². The average Bonchev–Trinajstić information content (AvgIpc) is 2.76. The van der Waals surface area contributed by atoms with E-state index in [9.17, 15) is 4.39 Å². The zero-order valence-electron chi connectivity index (χ0n) is 8.87. The zero-order valence-corrected chi connectivity index (χ0v) is 8.87. The van der Waals surface area contributed by atoms with Crippen molar-refractivity contribution in [1.29, 1.82) is 0 Å². The van der Waals surface area contributed by atoms with Gasteiger partial charge < -0.3 is 9.73 Å². The highest BCUT2D eigenvalue weighted by Crippen LogP contribution is 2.27. The van der Waals surface area contributed by atoms with Gasteiger partial charge in [-0.3, -0.25) is 0 Å². The highest BCUT2D eigenvalue weighted by Gasteiger charge is 2.21. The maximum Gasteiger partial charge on any atom is 0.199 e. The van der Waals surface area contributed by atoms with E-state index in [1.165, 1.54) is 6.07 Å². The summed E-state index contributed by atoms with van der Waals surface area (Å²) in [6.07, 6.45) is 2.17. The second-order valence-electron chi connectivity index (χ2n) is 4.18. The van der Waals surface area contributed by atoms with Crippen molar-refractivity contribution in [2.24, 2.45) is 0 Å². The zero-order chi connectivity index (χ0) is 11.0. The molecule has 0 aliphatic carbocycles. The predicted octanol–water partition coefficient (Wildman–Crippen LogP) is 2.43. The average molecular weight is 220 g/mol. The predicted molar refractivity (Wildman–Crippen MR) is 58.8 cm³/mol. The Morgan fingerprint density at radius 2 is 2.38 bits per heavy atom. The van der Waals surface area contributed by atoms with Crippen LogP contribution in [0.15, 0.2) is 22.6 Å². The summed E-state index contributed by atoms with van der Waals surface area (Å²) < 4.78 is 19.0. The Labute approximate surface area is 92.7 Å². The second-order valence-corrected chi connectivity index (χ2v) is 4.18. The van der Waals surface area contributed by atoms with Crippen molar-refractivity contribution in [3.63, 3.8) is 0 Å². The van der Waals surface area contributed by atoms with Crippen molar-refractivity contribution in [2.75, 3.05) is 13.1 Å². The van der Waals surface area contributed by atoms with Gasteiger partial charge in [-0.2, -0.15) is 0 Å². The molecule has 4 heteroatoms. The Kier molecular flexibility index (Phi) is 2.36. The quantitative estimate of drug-likeness (QED) is 0.802. The number of aromatic nitrogens is 1. The van der Waals surface area contributed by atoms with E-state index in [4.69, 9.17) is 4.42 Å². The molecule has 3 rings (SSSR count). The van der Waals surface area contributed by atoms with Gasteiger partial charge in [0.2, 0.25) is 0 Å². The van der Waals surface area contributed by atoms with Crippen molar-refractivity contribution in [3.05, 3.63) is 29.9 Å². The molecule has 1 N–H and O–H groups in total. The van der Waals surface area contributed by atoms with Gasteiger partial charge in [-0.25, -0.2) is 9.37 Å². The first-order valence-electron chi connectivity index (χ1n) is 5.60. The second kappa shape index (κ2) is 3.87. The molecule has 1 aliphatic heterocycles. The number of benzene rings is 1. The molecule has 2 aromatic rings. The SMILES string of the molecule is Fc1cccc2oc([C@@H]3CCCNC3)nc12. The molecule has 1 saturated heterocycles. The minimum Gasteiger partial charge on any atom is -0.440 e. The fraction of sp³-hybridized carbons (Fsp3) is 0.417. The molecule has 0 amide bonds. The first-order valence-corrected chi connectivity index (χ1v) is 5.60. The van der Waals surface area contributed by atoms with Crippen LogP contribution in [0.25, 0.3) is 11.1 Å². The van der Waals surface area contributed by atoms with Crippen molar-refractivity contribution in [2.45, 2.75) is 18.8 Å². The number of halogens is 1. The van der Waals surface area contributed by atoms with Crippen LogP contribution in [0.5, 0.6) is 0 Å². The fourth-order valence-corrected chi connectivity index (χ4v) is 2.17. The van der Waals surface area contributed by atoms with Gasteiger partial charge in [0.1, 0.15) is 5.52 Å². The lowest BCUT2D eigenvalue weighted by Crippen LogP contribution is -2.28. The standard InChI is InChI=1S/C12H13FN2O/c13-9-4-1-5-10-11(9)15-12(16-10)8-3-2-6-14-7-8/h1,4-5,8,14H,2-3,6-7H2/t8-/m1/s1. The third-order valence-electron chi connectivity index (χ3n) is 3.03. The number of piperidine rings is 1. The number of hydrogen-bond donors (Lipinski definition) is 1. The van der Waals surface area contributed by atoms with Crippen LogP contribution in [0.3, 0.4) is 0 Å². The minimum absolute atomic E-state index is 0.278. The molecule has 1 fully saturated rings. The molecule has 3 nitrogen and oxygen atoms in total. The van der Waals surface area contributed by atoms with Gasteiger partial charge in [0.15, 0.2) is 17.3 Å². The van der Waals surface area contributed by atoms with Gasteiger partial charge in [0, 0.05) is 12.5 Å². The normalized spacial score (nSPS) is 21.4. The van der Waals surface area contributed by atoms with Crippen molar-refractivity contribution < 1.29 is 8.81 Å². The largest absolute Gasteiger partial charge is 0.440 e.